The van der Waals surface area contributed by atoms with Crippen LogP contribution in [0.4, 0.5) is 5.69 Å². The topological polar surface area (TPSA) is 96.8 Å². The van der Waals surface area contributed by atoms with Crippen LogP contribution in [-0.4, -0.2) is 22.5 Å². The normalized spacial score (nSPS) is 19.5. The lowest BCUT2D eigenvalue weighted by molar-refractivity contribution is -0.487. The molecule has 1 aliphatic rings. The molecule has 2 aromatic carbocycles. The third-order valence-corrected chi connectivity index (χ3v) is 5.08. The van der Waals surface area contributed by atoms with Crippen molar-refractivity contribution < 1.29 is 19.2 Å². The minimum absolute atomic E-state index is 0.198. The molecule has 3 aromatic rings. The summed E-state index contributed by atoms with van der Waals surface area (Å²) in [6.45, 7) is -0.383. The number of furan rings is 1. The van der Waals surface area contributed by atoms with Crippen LogP contribution in [-0.2, 0) is 16.9 Å². The van der Waals surface area contributed by atoms with Crippen LogP contribution in [0.25, 0.3) is 0 Å². The first-order valence-electron chi connectivity index (χ1n) is 8.84. The number of hydrogen-bond acceptors (Lipinski definition) is 5. The van der Waals surface area contributed by atoms with Crippen LogP contribution in [0.3, 0.4) is 0 Å². The van der Waals surface area contributed by atoms with E-state index in [1.165, 1.54) is 11.2 Å². The zero-order valence-electron chi connectivity index (χ0n) is 14.9. The summed E-state index contributed by atoms with van der Waals surface area (Å²) in [6.07, 6.45) is 1.37. The Labute approximate surface area is 161 Å². The minimum Gasteiger partial charge on any atom is -0.469 e. The van der Waals surface area contributed by atoms with Gasteiger partial charge in [0, 0.05) is 10.5 Å². The standard InChI is InChI=1S/C21H18N2O5/c24-20-21(25,17(14-23(26)27)19-11-6-12-28-19)16-9-4-5-10-18(16)22(20)13-15-7-2-1-3-8-15/h1-12,17,25H,13-14H2/t17-,21+/m1/s1. The Bertz CT molecular complexity index is 1000. The van der Waals surface area contributed by atoms with Gasteiger partial charge in [0.15, 0.2) is 5.60 Å². The predicted molar refractivity (Wildman–Crippen MR) is 101 cm³/mol. The maximum atomic E-state index is 13.4. The van der Waals surface area contributed by atoms with Crippen LogP contribution in [0.15, 0.2) is 77.4 Å². The molecule has 7 heteroatoms. The molecule has 0 saturated carbocycles. The zero-order chi connectivity index (χ0) is 19.7. The number of para-hydroxylation sites is 1. The van der Waals surface area contributed by atoms with E-state index < -0.39 is 28.9 Å². The second kappa shape index (κ2) is 6.94. The molecule has 0 spiro atoms. The van der Waals surface area contributed by atoms with E-state index in [2.05, 4.69) is 0 Å². The van der Waals surface area contributed by atoms with Crippen molar-refractivity contribution in [3.8, 4) is 0 Å². The van der Waals surface area contributed by atoms with Crippen molar-refractivity contribution in [3.63, 3.8) is 0 Å². The van der Waals surface area contributed by atoms with Crippen molar-refractivity contribution in [1.29, 1.82) is 0 Å². The summed E-state index contributed by atoms with van der Waals surface area (Å²) in [4.78, 5) is 25.7. The van der Waals surface area contributed by atoms with Gasteiger partial charge >= 0.3 is 0 Å². The average Bonchev–Trinajstić information content (AvgIpc) is 3.30. The molecule has 142 valence electrons. The number of anilines is 1. The number of nitro groups is 1. The number of carbonyl (C=O) groups excluding carboxylic acids is 1. The van der Waals surface area contributed by atoms with Gasteiger partial charge in [0.25, 0.3) is 5.91 Å². The molecule has 28 heavy (non-hydrogen) atoms. The maximum Gasteiger partial charge on any atom is 0.265 e. The molecule has 0 radical (unpaired) electrons. The molecule has 0 aliphatic carbocycles. The quantitative estimate of drug-likeness (QED) is 0.525. The van der Waals surface area contributed by atoms with Gasteiger partial charge < -0.3 is 14.4 Å². The molecule has 4 rings (SSSR count). The second-order valence-electron chi connectivity index (χ2n) is 6.74. The number of amides is 1. The summed E-state index contributed by atoms with van der Waals surface area (Å²) in [5.41, 5.74) is -0.312. The molecule has 2 heterocycles. The van der Waals surface area contributed by atoms with E-state index in [4.69, 9.17) is 4.42 Å². The van der Waals surface area contributed by atoms with E-state index in [1.54, 1.807) is 36.4 Å². The Kier molecular flexibility index (Phi) is 4.44. The Morgan fingerprint density at radius 2 is 1.79 bits per heavy atom. The van der Waals surface area contributed by atoms with Crippen molar-refractivity contribution in [2.24, 2.45) is 0 Å². The van der Waals surface area contributed by atoms with Gasteiger partial charge in [0.05, 0.1) is 18.5 Å². The summed E-state index contributed by atoms with van der Waals surface area (Å²) in [5, 5.41) is 22.9. The third-order valence-electron chi connectivity index (χ3n) is 5.08. The number of nitrogens with zero attached hydrogens (tertiary/aromatic N) is 2. The summed E-state index contributed by atoms with van der Waals surface area (Å²) in [7, 11) is 0. The predicted octanol–water partition coefficient (Wildman–Crippen LogP) is 3.07. The van der Waals surface area contributed by atoms with Crippen molar-refractivity contribution in [2.75, 3.05) is 11.4 Å². The Hall–Kier alpha value is -3.45. The number of carbonyl (C=O) groups is 1. The van der Waals surface area contributed by atoms with Gasteiger partial charge in [-0.05, 0) is 23.8 Å². The summed E-state index contributed by atoms with van der Waals surface area (Å²) in [6, 6.07) is 19.3. The largest absolute Gasteiger partial charge is 0.469 e. The molecule has 1 N–H and O–H groups in total. The van der Waals surface area contributed by atoms with Gasteiger partial charge in [-0.2, -0.15) is 0 Å². The molecular formula is C21H18N2O5. The molecule has 0 fully saturated rings. The summed E-state index contributed by atoms with van der Waals surface area (Å²) >= 11 is 0. The van der Waals surface area contributed by atoms with Gasteiger partial charge in [0.1, 0.15) is 11.7 Å². The minimum atomic E-state index is -2.09. The van der Waals surface area contributed by atoms with Gasteiger partial charge in [0.2, 0.25) is 6.54 Å². The highest BCUT2D eigenvalue weighted by Crippen LogP contribution is 2.48. The van der Waals surface area contributed by atoms with E-state index in [9.17, 15) is 20.0 Å². The van der Waals surface area contributed by atoms with Crippen LogP contribution in [0.5, 0.6) is 0 Å². The van der Waals surface area contributed by atoms with Crippen LogP contribution < -0.4 is 4.90 Å². The fourth-order valence-corrected chi connectivity index (χ4v) is 3.79. The van der Waals surface area contributed by atoms with Gasteiger partial charge in [-0.1, -0.05) is 48.5 Å². The van der Waals surface area contributed by atoms with Crippen LogP contribution >= 0.6 is 0 Å². The van der Waals surface area contributed by atoms with E-state index in [0.29, 0.717) is 11.3 Å². The number of hydrogen-bond donors (Lipinski definition) is 1. The molecule has 1 amide bonds. The fraction of sp³-hybridized carbons (Fsp3) is 0.190. The zero-order valence-corrected chi connectivity index (χ0v) is 14.9. The smallest absolute Gasteiger partial charge is 0.265 e. The van der Waals surface area contributed by atoms with Gasteiger partial charge in [-0.25, -0.2) is 0 Å². The first-order chi connectivity index (χ1) is 13.5. The Morgan fingerprint density at radius 3 is 2.46 bits per heavy atom. The average molecular weight is 378 g/mol. The molecule has 7 nitrogen and oxygen atoms in total. The fourth-order valence-electron chi connectivity index (χ4n) is 3.79. The van der Waals surface area contributed by atoms with E-state index in [-0.39, 0.29) is 12.3 Å². The van der Waals surface area contributed by atoms with Crippen molar-refractivity contribution in [1.82, 2.24) is 0 Å². The first kappa shape index (κ1) is 17.9. The Morgan fingerprint density at radius 1 is 1.07 bits per heavy atom. The lowest BCUT2D eigenvalue weighted by Crippen LogP contribution is -2.46. The SMILES string of the molecule is O=C1N(Cc2ccccc2)c2ccccc2[C@]1(O)[C@H](C[N+](=O)[O-])c1ccco1. The number of benzene rings is 2. The lowest BCUT2D eigenvalue weighted by Gasteiger charge is -2.28. The molecule has 1 aromatic heterocycles. The van der Waals surface area contributed by atoms with Crippen molar-refractivity contribution in [2.45, 2.75) is 18.1 Å². The monoisotopic (exact) mass is 378 g/mol. The molecule has 0 saturated heterocycles. The van der Waals surface area contributed by atoms with E-state index >= 15 is 0 Å². The first-order valence-corrected chi connectivity index (χ1v) is 8.84. The highest BCUT2D eigenvalue weighted by molar-refractivity contribution is 6.07. The van der Waals surface area contributed by atoms with Crippen LogP contribution in [0.1, 0.15) is 22.8 Å². The maximum absolute atomic E-state index is 13.4. The summed E-state index contributed by atoms with van der Waals surface area (Å²) in [5.74, 6) is -1.54. The third kappa shape index (κ3) is 2.86. The van der Waals surface area contributed by atoms with Gasteiger partial charge in [-0.15, -0.1) is 0 Å². The van der Waals surface area contributed by atoms with Crippen LogP contribution in [0, 0.1) is 10.1 Å². The Balaban J connectivity index is 1.82. The number of fused-ring (bicyclic) bond motifs is 1. The molecular weight excluding hydrogens is 360 g/mol. The van der Waals surface area contributed by atoms with E-state index in [0.717, 1.165) is 5.56 Å². The van der Waals surface area contributed by atoms with Crippen molar-refractivity contribution in [3.05, 3.63) is 100.0 Å². The number of rotatable bonds is 6. The van der Waals surface area contributed by atoms with Crippen LogP contribution in [0.2, 0.25) is 0 Å². The summed E-state index contributed by atoms with van der Waals surface area (Å²) < 4.78 is 5.36. The second-order valence-corrected chi connectivity index (χ2v) is 6.74. The molecule has 0 bridgehead atoms. The highest BCUT2D eigenvalue weighted by Gasteiger charge is 2.57. The van der Waals surface area contributed by atoms with E-state index in [1.807, 2.05) is 30.3 Å². The molecule has 1 aliphatic heterocycles. The molecule has 2 atom stereocenters. The molecule has 0 unspecified atom stereocenters. The van der Waals surface area contributed by atoms with Crippen molar-refractivity contribution >= 4 is 11.6 Å². The lowest BCUT2D eigenvalue weighted by atomic mass is 9.80. The van der Waals surface area contributed by atoms with Gasteiger partial charge in [-0.3, -0.25) is 14.9 Å². The highest BCUT2D eigenvalue weighted by atomic mass is 16.6. The number of aliphatic hydroxyl groups is 1.